The van der Waals surface area contributed by atoms with E-state index in [2.05, 4.69) is 5.32 Å². The van der Waals surface area contributed by atoms with E-state index in [4.69, 9.17) is 0 Å². The number of hydrogen-bond acceptors (Lipinski definition) is 3. The summed E-state index contributed by atoms with van der Waals surface area (Å²) in [4.78, 5) is 2.03. The lowest BCUT2D eigenvalue weighted by Crippen LogP contribution is -2.34. The fourth-order valence-corrected chi connectivity index (χ4v) is 2.63. The van der Waals surface area contributed by atoms with Gasteiger partial charge in [-0.25, -0.2) is 8.78 Å². The molecule has 3 nitrogen and oxygen atoms in total. The molecule has 0 aromatic heterocycles. The number of benzene rings is 2. The molecule has 0 saturated carbocycles. The summed E-state index contributed by atoms with van der Waals surface area (Å²) in [5.74, 6) is -1.87. The van der Waals surface area contributed by atoms with E-state index in [1.54, 1.807) is 0 Å². The van der Waals surface area contributed by atoms with Crippen LogP contribution in [0.1, 0.15) is 37.1 Å². The zero-order valence-electron chi connectivity index (χ0n) is 14.4. The molecule has 3 unspecified atom stereocenters. The first-order valence-corrected chi connectivity index (χ1v) is 7.96. The topological polar surface area (TPSA) is 35.5 Å². The fraction of sp³-hybridized carbons (Fsp3) is 0.368. The average Bonchev–Trinajstić information content (AvgIpc) is 2.56. The molecule has 0 aliphatic heterocycles. The third-order valence-electron chi connectivity index (χ3n) is 4.18. The van der Waals surface area contributed by atoms with Crippen molar-refractivity contribution in [2.45, 2.75) is 32.0 Å². The molecule has 130 valence electrons. The molecule has 2 N–H and O–H groups in total. The number of rotatable bonds is 6. The smallest absolute Gasteiger partial charge is 0.159 e. The summed E-state index contributed by atoms with van der Waals surface area (Å²) in [5, 5.41) is 13.7. The predicted octanol–water partition coefficient (Wildman–Crippen LogP) is 3.80. The Hall–Kier alpha value is -1.98. The predicted molar refractivity (Wildman–Crippen MR) is 93.1 cm³/mol. The van der Waals surface area contributed by atoms with Crippen molar-refractivity contribution in [1.82, 2.24) is 5.32 Å². The van der Waals surface area contributed by atoms with E-state index in [9.17, 15) is 13.9 Å². The summed E-state index contributed by atoms with van der Waals surface area (Å²) in [5.41, 5.74) is 2.55. The summed E-state index contributed by atoms with van der Waals surface area (Å²) in [6.07, 6.45) is -0.927. The summed E-state index contributed by atoms with van der Waals surface area (Å²) in [6, 6.07) is 11.3. The Morgan fingerprint density at radius 3 is 2.04 bits per heavy atom. The van der Waals surface area contributed by atoms with Crippen LogP contribution in [0.3, 0.4) is 0 Å². The van der Waals surface area contributed by atoms with Crippen LogP contribution in [-0.2, 0) is 0 Å². The van der Waals surface area contributed by atoms with Crippen molar-refractivity contribution in [3.8, 4) is 0 Å². The maximum atomic E-state index is 13.3. The lowest BCUT2D eigenvalue weighted by molar-refractivity contribution is 0.130. The van der Waals surface area contributed by atoms with Crippen molar-refractivity contribution in [2.75, 3.05) is 19.0 Å². The fourth-order valence-electron chi connectivity index (χ4n) is 2.63. The van der Waals surface area contributed by atoms with Crippen molar-refractivity contribution in [2.24, 2.45) is 0 Å². The van der Waals surface area contributed by atoms with Gasteiger partial charge in [-0.15, -0.1) is 0 Å². The second kappa shape index (κ2) is 7.73. The minimum absolute atomic E-state index is 0.0103. The molecule has 0 bridgehead atoms. The molecule has 0 amide bonds. The largest absolute Gasteiger partial charge is 0.387 e. The maximum absolute atomic E-state index is 13.3. The molecule has 24 heavy (non-hydrogen) atoms. The van der Waals surface area contributed by atoms with Gasteiger partial charge < -0.3 is 15.3 Å². The Balaban J connectivity index is 2.04. The van der Waals surface area contributed by atoms with Crippen LogP contribution in [0, 0.1) is 11.6 Å². The highest BCUT2D eigenvalue weighted by Crippen LogP contribution is 2.23. The minimum Gasteiger partial charge on any atom is -0.387 e. The SMILES string of the molecule is CC(NC(C)C(O)c1ccc(F)c(F)c1)c1ccc(N(C)C)cc1. The van der Waals surface area contributed by atoms with Crippen molar-refractivity contribution in [3.63, 3.8) is 0 Å². The van der Waals surface area contributed by atoms with E-state index < -0.39 is 17.7 Å². The van der Waals surface area contributed by atoms with E-state index in [0.717, 1.165) is 23.4 Å². The molecule has 0 saturated heterocycles. The molecule has 0 fully saturated rings. The monoisotopic (exact) mass is 334 g/mol. The van der Waals surface area contributed by atoms with E-state index in [1.165, 1.54) is 6.07 Å². The normalized spacial score (nSPS) is 15.0. The summed E-state index contributed by atoms with van der Waals surface area (Å²) in [6.45, 7) is 3.82. The summed E-state index contributed by atoms with van der Waals surface area (Å²) in [7, 11) is 3.97. The van der Waals surface area contributed by atoms with Crippen LogP contribution in [-0.4, -0.2) is 25.2 Å². The Bertz CT molecular complexity index is 674. The van der Waals surface area contributed by atoms with E-state index in [0.29, 0.717) is 5.56 Å². The Labute approximate surface area is 141 Å². The van der Waals surface area contributed by atoms with Crippen molar-refractivity contribution in [3.05, 3.63) is 65.2 Å². The van der Waals surface area contributed by atoms with Gasteiger partial charge in [-0.1, -0.05) is 18.2 Å². The maximum Gasteiger partial charge on any atom is 0.159 e. The molecule has 2 aromatic carbocycles. The first-order valence-electron chi connectivity index (χ1n) is 7.96. The number of nitrogens with one attached hydrogen (secondary N) is 1. The van der Waals surface area contributed by atoms with Gasteiger partial charge in [0, 0.05) is 31.9 Å². The molecule has 0 aliphatic carbocycles. The van der Waals surface area contributed by atoms with Gasteiger partial charge >= 0.3 is 0 Å². The van der Waals surface area contributed by atoms with Gasteiger partial charge in [0.2, 0.25) is 0 Å². The molecular formula is C19H24F2N2O. The van der Waals surface area contributed by atoms with Crippen LogP contribution < -0.4 is 10.2 Å². The molecular weight excluding hydrogens is 310 g/mol. The number of nitrogens with zero attached hydrogens (tertiary/aromatic N) is 1. The molecule has 3 atom stereocenters. The van der Waals surface area contributed by atoms with Gasteiger partial charge in [-0.2, -0.15) is 0 Å². The zero-order chi connectivity index (χ0) is 17.9. The molecule has 2 rings (SSSR count). The summed E-state index contributed by atoms with van der Waals surface area (Å²) < 4.78 is 26.3. The highest BCUT2D eigenvalue weighted by Gasteiger charge is 2.20. The average molecular weight is 334 g/mol. The quantitative estimate of drug-likeness (QED) is 0.843. The number of anilines is 1. The molecule has 2 aromatic rings. The van der Waals surface area contributed by atoms with Gasteiger partial charge in [0.1, 0.15) is 0 Å². The van der Waals surface area contributed by atoms with Gasteiger partial charge in [-0.05, 0) is 49.2 Å². The Morgan fingerprint density at radius 1 is 0.917 bits per heavy atom. The highest BCUT2D eigenvalue weighted by molar-refractivity contribution is 5.46. The summed E-state index contributed by atoms with van der Waals surface area (Å²) >= 11 is 0. The van der Waals surface area contributed by atoms with Gasteiger partial charge in [-0.3, -0.25) is 0 Å². The van der Waals surface area contributed by atoms with Crippen molar-refractivity contribution in [1.29, 1.82) is 0 Å². The number of aliphatic hydroxyl groups is 1. The zero-order valence-corrected chi connectivity index (χ0v) is 14.4. The number of hydrogen-bond donors (Lipinski definition) is 2. The van der Waals surface area contributed by atoms with Gasteiger partial charge in [0.25, 0.3) is 0 Å². The van der Waals surface area contributed by atoms with E-state index in [1.807, 2.05) is 57.1 Å². The lowest BCUT2D eigenvalue weighted by Gasteiger charge is -2.25. The first-order chi connectivity index (χ1) is 11.3. The van der Waals surface area contributed by atoms with Gasteiger partial charge in [0.15, 0.2) is 11.6 Å². The molecule has 0 radical (unpaired) electrons. The number of halogens is 2. The van der Waals surface area contributed by atoms with E-state index >= 15 is 0 Å². The Kier molecular flexibility index (Phi) is 5.91. The third kappa shape index (κ3) is 4.30. The van der Waals surface area contributed by atoms with Crippen LogP contribution in [0.25, 0.3) is 0 Å². The van der Waals surface area contributed by atoms with Crippen LogP contribution in [0.15, 0.2) is 42.5 Å². The minimum atomic E-state index is -0.953. The lowest BCUT2D eigenvalue weighted by atomic mass is 10.0. The first kappa shape index (κ1) is 18.4. The van der Waals surface area contributed by atoms with Gasteiger partial charge in [0.05, 0.1) is 6.10 Å². The molecule has 5 heteroatoms. The molecule has 0 spiro atoms. The highest BCUT2D eigenvalue weighted by atomic mass is 19.2. The van der Waals surface area contributed by atoms with Crippen LogP contribution >= 0.6 is 0 Å². The molecule has 0 heterocycles. The van der Waals surface area contributed by atoms with Crippen molar-refractivity contribution < 1.29 is 13.9 Å². The second-order valence-electron chi connectivity index (χ2n) is 6.28. The Morgan fingerprint density at radius 2 is 1.50 bits per heavy atom. The van der Waals surface area contributed by atoms with Crippen LogP contribution in [0.4, 0.5) is 14.5 Å². The standard InChI is InChI=1S/C19H24F2N2O/c1-12(14-5-8-16(9-6-14)23(3)4)22-13(2)19(24)15-7-10-17(20)18(21)11-15/h5-13,19,22,24H,1-4H3. The second-order valence-corrected chi connectivity index (χ2v) is 6.28. The van der Waals surface area contributed by atoms with Crippen LogP contribution in [0.5, 0.6) is 0 Å². The third-order valence-corrected chi connectivity index (χ3v) is 4.18. The van der Waals surface area contributed by atoms with Crippen molar-refractivity contribution >= 4 is 5.69 Å². The number of aliphatic hydroxyl groups excluding tert-OH is 1. The van der Waals surface area contributed by atoms with Crippen LogP contribution in [0.2, 0.25) is 0 Å². The van der Waals surface area contributed by atoms with E-state index in [-0.39, 0.29) is 12.1 Å². The molecule has 0 aliphatic rings.